The number of carbonyl (C=O) groups excluding carboxylic acids is 1. The summed E-state index contributed by atoms with van der Waals surface area (Å²) in [4.78, 5) is 25.0. The lowest BCUT2D eigenvalue weighted by Gasteiger charge is -2.09. The third-order valence-corrected chi connectivity index (χ3v) is 4.19. The van der Waals surface area contributed by atoms with E-state index in [1.807, 2.05) is 62.4 Å². The average molecular weight is 330 g/mol. The number of hydrogen-bond acceptors (Lipinski definition) is 3. The van der Waals surface area contributed by atoms with Crippen molar-refractivity contribution in [3.8, 4) is 0 Å². The van der Waals surface area contributed by atoms with E-state index in [1.54, 1.807) is 0 Å². The van der Waals surface area contributed by atoms with Crippen molar-refractivity contribution in [2.24, 2.45) is 0 Å². The zero-order valence-electron chi connectivity index (χ0n) is 14.1. The number of hydrogen-bond donors (Lipinski definition) is 2. The number of benzene rings is 2. The molecule has 2 heterocycles. The fourth-order valence-electron chi connectivity index (χ4n) is 3.01. The largest absolute Gasteiger partial charge is 0.345 e. The molecule has 2 N–H and O–H groups in total. The number of amides is 1. The Bertz CT molecular complexity index is 1060. The lowest BCUT2D eigenvalue weighted by Crippen LogP contribution is -2.24. The zero-order chi connectivity index (χ0) is 17.4. The molecule has 2 aromatic heterocycles. The number of nitrogens with one attached hydrogen (secondary N) is 2. The molecule has 0 fully saturated rings. The minimum atomic E-state index is -0.124. The Hall–Kier alpha value is -3.21. The number of para-hydroxylation sites is 2. The molecule has 0 atom stereocenters. The summed E-state index contributed by atoms with van der Waals surface area (Å²) in [6.45, 7) is 4.26. The Balaban J connectivity index is 1.62. The molecular formula is C20H18N4O. The maximum absolute atomic E-state index is 12.7. The van der Waals surface area contributed by atoms with E-state index in [-0.39, 0.29) is 5.91 Å². The number of aromatic amines is 1. The van der Waals surface area contributed by atoms with E-state index in [0.29, 0.717) is 12.1 Å². The summed E-state index contributed by atoms with van der Waals surface area (Å²) < 4.78 is 0. The van der Waals surface area contributed by atoms with Crippen LogP contribution in [0.15, 0.2) is 48.5 Å². The fourth-order valence-corrected chi connectivity index (χ4v) is 3.01. The summed E-state index contributed by atoms with van der Waals surface area (Å²) >= 11 is 0. The van der Waals surface area contributed by atoms with Gasteiger partial charge < -0.3 is 10.3 Å². The first kappa shape index (κ1) is 15.3. The molecule has 0 radical (unpaired) electrons. The average Bonchev–Trinajstić information content (AvgIpc) is 3.02. The highest BCUT2D eigenvalue weighted by atomic mass is 16.1. The van der Waals surface area contributed by atoms with Gasteiger partial charge in [-0.05, 0) is 44.2 Å². The Labute approximate surface area is 145 Å². The quantitative estimate of drug-likeness (QED) is 0.602. The first-order valence-corrected chi connectivity index (χ1v) is 8.20. The summed E-state index contributed by atoms with van der Waals surface area (Å²) in [7, 11) is 0. The first-order chi connectivity index (χ1) is 12.1. The van der Waals surface area contributed by atoms with E-state index in [9.17, 15) is 4.79 Å². The van der Waals surface area contributed by atoms with Crippen LogP contribution in [0.1, 0.15) is 27.4 Å². The van der Waals surface area contributed by atoms with Crippen molar-refractivity contribution in [3.05, 3.63) is 71.2 Å². The normalized spacial score (nSPS) is 11.1. The van der Waals surface area contributed by atoms with E-state index in [4.69, 9.17) is 0 Å². The van der Waals surface area contributed by atoms with Gasteiger partial charge in [-0.15, -0.1) is 0 Å². The van der Waals surface area contributed by atoms with E-state index in [1.165, 1.54) is 0 Å². The molecule has 0 saturated heterocycles. The summed E-state index contributed by atoms with van der Waals surface area (Å²) in [6.07, 6.45) is 0. The van der Waals surface area contributed by atoms with Crippen LogP contribution < -0.4 is 5.32 Å². The van der Waals surface area contributed by atoms with Gasteiger partial charge in [-0.25, -0.2) is 4.98 Å². The van der Waals surface area contributed by atoms with Crippen LogP contribution in [0.2, 0.25) is 0 Å². The summed E-state index contributed by atoms with van der Waals surface area (Å²) in [5, 5.41) is 3.82. The predicted octanol–water partition coefficient (Wildman–Crippen LogP) is 3.66. The standard InChI is InChI=1S/C20H18N4O/c1-12-7-8-16-14(9-12)15(10-13(2)22-16)20(25)21-11-19-23-17-5-3-4-6-18(17)24-19/h3-10H,11H2,1-2H3,(H,21,25)(H,23,24). The van der Waals surface area contributed by atoms with Crippen LogP contribution in [-0.4, -0.2) is 20.9 Å². The van der Waals surface area contributed by atoms with Crippen molar-refractivity contribution in [2.75, 3.05) is 0 Å². The highest BCUT2D eigenvalue weighted by Crippen LogP contribution is 2.20. The molecular weight excluding hydrogens is 312 g/mol. The molecule has 1 amide bonds. The Morgan fingerprint density at radius 1 is 1.04 bits per heavy atom. The van der Waals surface area contributed by atoms with Crippen molar-refractivity contribution >= 4 is 27.8 Å². The Kier molecular flexibility index (Phi) is 3.69. The van der Waals surface area contributed by atoms with Crippen molar-refractivity contribution in [1.29, 1.82) is 0 Å². The monoisotopic (exact) mass is 330 g/mol. The van der Waals surface area contributed by atoms with Gasteiger partial charge in [0.1, 0.15) is 5.82 Å². The molecule has 4 rings (SSSR count). The summed E-state index contributed by atoms with van der Waals surface area (Å²) in [6, 6.07) is 15.6. The number of aromatic nitrogens is 3. The SMILES string of the molecule is Cc1ccc2nc(C)cc(C(=O)NCc3nc4ccccc4[nH]3)c2c1. The van der Waals surface area contributed by atoms with E-state index >= 15 is 0 Å². The second-order valence-corrected chi connectivity index (χ2v) is 6.22. The van der Waals surface area contributed by atoms with Crippen LogP contribution in [0.5, 0.6) is 0 Å². The number of rotatable bonds is 3. The summed E-state index contributed by atoms with van der Waals surface area (Å²) in [5.74, 6) is 0.613. The predicted molar refractivity (Wildman–Crippen MR) is 98.5 cm³/mol. The third-order valence-electron chi connectivity index (χ3n) is 4.19. The van der Waals surface area contributed by atoms with E-state index in [0.717, 1.165) is 39.0 Å². The van der Waals surface area contributed by atoms with Crippen molar-refractivity contribution < 1.29 is 4.79 Å². The van der Waals surface area contributed by atoms with Gasteiger partial charge in [0.15, 0.2) is 0 Å². The van der Waals surface area contributed by atoms with Crippen LogP contribution in [0.4, 0.5) is 0 Å². The Morgan fingerprint density at radius 2 is 1.88 bits per heavy atom. The lowest BCUT2D eigenvalue weighted by atomic mass is 10.0. The number of pyridine rings is 1. The molecule has 0 bridgehead atoms. The second-order valence-electron chi connectivity index (χ2n) is 6.22. The zero-order valence-corrected chi connectivity index (χ0v) is 14.1. The first-order valence-electron chi connectivity index (χ1n) is 8.20. The smallest absolute Gasteiger partial charge is 0.252 e. The lowest BCUT2D eigenvalue weighted by molar-refractivity contribution is 0.0951. The van der Waals surface area contributed by atoms with Crippen LogP contribution in [0, 0.1) is 13.8 Å². The van der Waals surface area contributed by atoms with Crippen molar-refractivity contribution in [2.45, 2.75) is 20.4 Å². The van der Waals surface area contributed by atoms with Gasteiger partial charge in [0.05, 0.1) is 28.7 Å². The third kappa shape index (κ3) is 2.96. The number of imidazole rings is 1. The molecule has 4 aromatic rings. The van der Waals surface area contributed by atoms with Gasteiger partial charge in [-0.3, -0.25) is 9.78 Å². The van der Waals surface area contributed by atoms with Crippen LogP contribution in [-0.2, 0) is 6.54 Å². The Morgan fingerprint density at radius 3 is 2.72 bits per heavy atom. The highest BCUT2D eigenvalue weighted by Gasteiger charge is 2.13. The molecule has 124 valence electrons. The molecule has 5 heteroatoms. The van der Waals surface area contributed by atoms with Crippen molar-refractivity contribution in [3.63, 3.8) is 0 Å². The molecule has 0 unspecified atom stereocenters. The minimum absolute atomic E-state index is 0.124. The molecule has 0 saturated carbocycles. The van der Waals surface area contributed by atoms with Gasteiger partial charge in [0.25, 0.3) is 5.91 Å². The molecule has 2 aromatic carbocycles. The number of carbonyl (C=O) groups is 1. The minimum Gasteiger partial charge on any atom is -0.345 e. The maximum Gasteiger partial charge on any atom is 0.252 e. The summed E-state index contributed by atoms with van der Waals surface area (Å²) in [5.41, 5.74) is 5.26. The maximum atomic E-state index is 12.7. The van der Waals surface area contributed by atoms with Gasteiger partial charge in [-0.2, -0.15) is 0 Å². The van der Waals surface area contributed by atoms with Gasteiger partial charge >= 0.3 is 0 Å². The number of nitrogens with zero attached hydrogens (tertiary/aromatic N) is 2. The fraction of sp³-hybridized carbons (Fsp3) is 0.150. The molecule has 0 aliphatic carbocycles. The van der Waals surface area contributed by atoms with Gasteiger partial charge in [-0.1, -0.05) is 23.8 Å². The van der Waals surface area contributed by atoms with E-state index < -0.39 is 0 Å². The molecule has 25 heavy (non-hydrogen) atoms. The number of aryl methyl sites for hydroxylation is 2. The topological polar surface area (TPSA) is 70.7 Å². The van der Waals surface area contributed by atoms with Gasteiger partial charge in [0.2, 0.25) is 0 Å². The van der Waals surface area contributed by atoms with Crippen molar-refractivity contribution in [1.82, 2.24) is 20.3 Å². The van der Waals surface area contributed by atoms with Gasteiger partial charge in [0, 0.05) is 11.1 Å². The van der Waals surface area contributed by atoms with Crippen LogP contribution >= 0.6 is 0 Å². The molecule has 0 aliphatic heterocycles. The molecule has 0 aliphatic rings. The van der Waals surface area contributed by atoms with Crippen LogP contribution in [0.25, 0.3) is 21.9 Å². The number of fused-ring (bicyclic) bond motifs is 2. The molecule has 0 spiro atoms. The number of H-pyrrole nitrogens is 1. The highest BCUT2D eigenvalue weighted by molar-refractivity contribution is 6.06. The van der Waals surface area contributed by atoms with E-state index in [2.05, 4.69) is 20.3 Å². The molecule has 5 nitrogen and oxygen atoms in total. The van der Waals surface area contributed by atoms with Crippen LogP contribution in [0.3, 0.4) is 0 Å². The second kappa shape index (κ2) is 6.02.